The van der Waals surface area contributed by atoms with Crippen molar-refractivity contribution in [3.63, 3.8) is 0 Å². The van der Waals surface area contributed by atoms with Gasteiger partial charge in [-0.2, -0.15) is 0 Å². The molecular formula is C13H18ClFN4O. The van der Waals surface area contributed by atoms with Gasteiger partial charge in [0.1, 0.15) is 5.82 Å². The zero-order valence-electron chi connectivity index (χ0n) is 11.6. The molecule has 0 saturated heterocycles. The second-order valence-corrected chi connectivity index (χ2v) is 5.20. The largest absolute Gasteiger partial charge is 0.378 e. The number of nitrogen functional groups attached to an aromatic ring is 1. The molecule has 0 bridgehead atoms. The molecule has 5 nitrogen and oxygen atoms in total. The van der Waals surface area contributed by atoms with Crippen LogP contribution >= 0.6 is 11.6 Å². The second kappa shape index (κ2) is 6.39. The topological polar surface area (TPSA) is 56.3 Å². The zero-order valence-corrected chi connectivity index (χ0v) is 12.3. The molecule has 2 aromatic rings. The van der Waals surface area contributed by atoms with E-state index in [1.54, 1.807) is 4.57 Å². The van der Waals surface area contributed by atoms with Gasteiger partial charge in [0.25, 0.3) is 0 Å². The van der Waals surface area contributed by atoms with Gasteiger partial charge in [0.15, 0.2) is 0 Å². The Labute approximate surface area is 122 Å². The fourth-order valence-electron chi connectivity index (χ4n) is 1.88. The average Bonchev–Trinajstić information content (AvgIpc) is 2.65. The molecule has 110 valence electrons. The number of fused-ring (bicyclic) bond motifs is 1. The van der Waals surface area contributed by atoms with Gasteiger partial charge in [-0.25, -0.2) is 9.37 Å². The summed E-state index contributed by atoms with van der Waals surface area (Å²) in [7, 11) is 3.97. The third-order valence-electron chi connectivity index (χ3n) is 2.96. The van der Waals surface area contributed by atoms with Crippen molar-refractivity contribution >= 4 is 28.6 Å². The first-order chi connectivity index (χ1) is 9.49. The highest BCUT2D eigenvalue weighted by Crippen LogP contribution is 2.24. The first kappa shape index (κ1) is 15.0. The van der Waals surface area contributed by atoms with E-state index in [1.165, 1.54) is 12.1 Å². The Bertz CT molecular complexity index is 600. The molecule has 1 aromatic carbocycles. The van der Waals surface area contributed by atoms with Gasteiger partial charge in [0, 0.05) is 19.2 Å². The van der Waals surface area contributed by atoms with Crippen LogP contribution < -0.4 is 5.73 Å². The summed E-state index contributed by atoms with van der Waals surface area (Å²) in [5, 5.41) is 0.0457. The quantitative estimate of drug-likeness (QED) is 0.829. The molecule has 7 heteroatoms. The summed E-state index contributed by atoms with van der Waals surface area (Å²) in [6.45, 7) is 2.51. The van der Waals surface area contributed by atoms with Crippen molar-refractivity contribution in [3.05, 3.63) is 23.0 Å². The van der Waals surface area contributed by atoms with Gasteiger partial charge in [-0.05, 0) is 20.2 Å². The van der Waals surface area contributed by atoms with Crippen LogP contribution in [0.3, 0.4) is 0 Å². The van der Waals surface area contributed by atoms with Crippen LogP contribution in [0.2, 0.25) is 5.02 Å². The fraction of sp³-hybridized carbons (Fsp3) is 0.462. The molecular weight excluding hydrogens is 283 g/mol. The number of rotatable bonds is 6. The Morgan fingerprint density at radius 3 is 2.85 bits per heavy atom. The Balaban J connectivity index is 2.06. The highest BCUT2D eigenvalue weighted by atomic mass is 35.5. The maximum atomic E-state index is 13.5. The normalized spacial score (nSPS) is 11.7. The number of hydrogen-bond acceptors (Lipinski definition) is 4. The van der Waals surface area contributed by atoms with Gasteiger partial charge in [-0.15, -0.1) is 0 Å². The number of anilines is 1. The molecule has 1 heterocycles. The first-order valence-electron chi connectivity index (χ1n) is 6.32. The molecule has 2 rings (SSSR count). The van der Waals surface area contributed by atoms with Crippen LogP contribution in [0.1, 0.15) is 0 Å². The third-order valence-corrected chi connectivity index (χ3v) is 3.25. The minimum Gasteiger partial charge on any atom is -0.378 e. The molecule has 0 aliphatic rings. The van der Waals surface area contributed by atoms with E-state index in [-0.39, 0.29) is 5.02 Å². The van der Waals surface area contributed by atoms with Crippen LogP contribution in [-0.4, -0.2) is 48.3 Å². The second-order valence-electron chi connectivity index (χ2n) is 4.79. The van der Waals surface area contributed by atoms with Gasteiger partial charge >= 0.3 is 0 Å². The molecule has 0 atom stereocenters. The summed E-state index contributed by atoms with van der Waals surface area (Å²) in [5.74, 6) is -0.147. The summed E-state index contributed by atoms with van der Waals surface area (Å²) in [6, 6.07) is 2.83. The van der Waals surface area contributed by atoms with Crippen molar-refractivity contribution in [2.45, 2.75) is 6.54 Å². The van der Waals surface area contributed by atoms with Crippen molar-refractivity contribution in [2.75, 3.05) is 39.6 Å². The predicted molar refractivity (Wildman–Crippen MR) is 78.5 cm³/mol. The molecule has 0 radical (unpaired) electrons. The predicted octanol–water partition coefficient (Wildman–Crippen LogP) is 1.99. The number of hydrogen-bond donors (Lipinski definition) is 1. The minimum absolute atomic E-state index is 0.0457. The Morgan fingerprint density at radius 1 is 1.40 bits per heavy atom. The number of benzene rings is 1. The van der Waals surface area contributed by atoms with Crippen LogP contribution in [0.5, 0.6) is 0 Å². The summed E-state index contributed by atoms with van der Waals surface area (Å²) in [5.41, 5.74) is 7.05. The van der Waals surface area contributed by atoms with E-state index in [9.17, 15) is 4.39 Å². The number of imidazole rings is 1. The Kier molecular flexibility index (Phi) is 4.80. The van der Waals surface area contributed by atoms with Gasteiger partial charge < -0.3 is 19.9 Å². The van der Waals surface area contributed by atoms with Crippen LogP contribution in [0, 0.1) is 5.82 Å². The van der Waals surface area contributed by atoms with Crippen molar-refractivity contribution in [2.24, 2.45) is 0 Å². The molecule has 0 saturated carbocycles. The van der Waals surface area contributed by atoms with Crippen molar-refractivity contribution < 1.29 is 9.13 Å². The number of aromatic nitrogens is 2. The maximum Gasteiger partial charge on any atom is 0.201 e. The lowest BCUT2D eigenvalue weighted by atomic mass is 10.3. The van der Waals surface area contributed by atoms with E-state index < -0.39 is 5.82 Å². The molecule has 0 unspecified atom stereocenters. The summed E-state index contributed by atoms with van der Waals surface area (Å²) in [6.07, 6.45) is 0. The molecule has 1 aromatic heterocycles. The lowest BCUT2D eigenvalue weighted by Crippen LogP contribution is -2.19. The summed E-state index contributed by atoms with van der Waals surface area (Å²) in [4.78, 5) is 6.21. The van der Waals surface area contributed by atoms with E-state index in [0.29, 0.717) is 36.7 Å². The van der Waals surface area contributed by atoms with Crippen LogP contribution in [0.25, 0.3) is 11.0 Å². The smallest absolute Gasteiger partial charge is 0.201 e. The van der Waals surface area contributed by atoms with Crippen LogP contribution in [-0.2, 0) is 11.3 Å². The number of nitrogens with zero attached hydrogens (tertiary/aromatic N) is 3. The molecule has 2 N–H and O–H groups in total. The van der Waals surface area contributed by atoms with Crippen molar-refractivity contribution in [1.82, 2.24) is 14.5 Å². The molecule has 0 fully saturated rings. The van der Waals surface area contributed by atoms with Gasteiger partial charge in [-0.3, -0.25) is 0 Å². The zero-order chi connectivity index (χ0) is 14.7. The maximum absolute atomic E-state index is 13.5. The van der Waals surface area contributed by atoms with Gasteiger partial charge in [0.05, 0.1) is 29.3 Å². The van der Waals surface area contributed by atoms with E-state index in [2.05, 4.69) is 4.98 Å². The number of halogens is 2. The lowest BCUT2D eigenvalue weighted by molar-refractivity contribution is 0.112. The summed E-state index contributed by atoms with van der Waals surface area (Å²) >= 11 is 5.73. The van der Waals surface area contributed by atoms with E-state index in [4.69, 9.17) is 22.1 Å². The highest BCUT2D eigenvalue weighted by molar-refractivity contribution is 6.31. The number of nitrogens with two attached hydrogens (primary N) is 1. The molecule has 0 spiro atoms. The molecule has 0 aliphatic carbocycles. The molecule has 0 aliphatic heterocycles. The Hall–Kier alpha value is -1.37. The Morgan fingerprint density at radius 2 is 2.15 bits per heavy atom. The third kappa shape index (κ3) is 3.39. The fourth-order valence-corrected chi connectivity index (χ4v) is 2.04. The van der Waals surface area contributed by atoms with E-state index in [0.717, 1.165) is 6.54 Å². The monoisotopic (exact) mass is 300 g/mol. The first-order valence-corrected chi connectivity index (χ1v) is 6.70. The SMILES string of the molecule is CN(C)CCOCCn1c(N)nc2cc(Cl)c(F)cc21. The van der Waals surface area contributed by atoms with Crippen molar-refractivity contribution in [3.8, 4) is 0 Å². The van der Waals surface area contributed by atoms with Gasteiger partial charge in [0.2, 0.25) is 5.95 Å². The van der Waals surface area contributed by atoms with Crippen LogP contribution in [0.4, 0.5) is 10.3 Å². The van der Waals surface area contributed by atoms with Gasteiger partial charge in [-0.1, -0.05) is 11.6 Å². The number of ether oxygens (including phenoxy) is 1. The number of likely N-dealkylation sites (N-methyl/N-ethyl adjacent to an activating group) is 1. The standard InChI is InChI=1S/C13H18ClFN4O/c1-18(2)3-5-20-6-4-19-12-8-10(15)9(14)7-11(12)17-13(19)16/h7-8H,3-6H2,1-2H3,(H2,16,17). The summed E-state index contributed by atoms with van der Waals surface area (Å²) < 4.78 is 20.8. The lowest BCUT2D eigenvalue weighted by Gasteiger charge is -2.11. The van der Waals surface area contributed by atoms with Crippen molar-refractivity contribution in [1.29, 1.82) is 0 Å². The van der Waals surface area contributed by atoms with E-state index in [1.807, 2.05) is 19.0 Å². The molecule has 20 heavy (non-hydrogen) atoms. The average molecular weight is 301 g/mol. The van der Waals surface area contributed by atoms with Crippen LogP contribution in [0.15, 0.2) is 12.1 Å². The minimum atomic E-state index is -0.478. The highest BCUT2D eigenvalue weighted by Gasteiger charge is 2.11. The van der Waals surface area contributed by atoms with E-state index >= 15 is 0 Å². The molecule has 0 amide bonds.